The lowest BCUT2D eigenvalue weighted by Gasteiger charge is -2.35. The number of aromatic amines is 1. The predicted octanol–water partition coefficient (Wildman–Crippen LogP) is 2.39. The standard InChI is InChI=1S/C21H28N4O3/c1-15(2)13-24-7-9-25(10-8-24)14-17(21(27)28)11-20(26)23-18-4-3-16-5-6-22-19(16)12-18/h3-6,12,17,22H,1,7-11,13-14H2,2H3,(H,23,26)(H,27,28)/t17-/m1/s1. The van der Waals surface area contributed by atoms with E-state index in [9.17, 15) is 14.7 Å². The van der Waals surface area contributed by atoms with Crippen molar-refractivity contribution >= 4 is 28.5 Å². The number of aliphatic carboxylic acids is 1. The summed E-state index contributed by atoms with van der Waals surface area (Å²) in [6.07, 6.45) is 1.80. The number of H-pyrrole nitrogens is 1. The molecule has 1 amide bonds. The van der Waals surface area contributed by atoms with Gasteiger partial charge in [-0.2, -0.15) is 0 Å². The lowest BCUT2D eigenvalue weighted by molar-refractivity contribution is -0.144. The topological polar surface area (TPSA) is 88.7 Å². The molecule has 0 bridgehead atoms. The van der Waals surface area contributed by atoms with Crippen LogP contribution in [0.4, 0.5) is 5.69 Å². The number of hydrogen-bond donors (Lipinski definition) is 3. The Morgan fingerprint density at radius 1 is 1.21 bits per heavy atom. The van der Waals surface area contributed by atoms with E-state index in [0.717, 1.165) is 49.2 Å². The summed E-state index contributed by atoms with van der Waals surface area (Å²) < 4.78 is 0. The van der Waals surface area contributed by atoms with Crippen molar-refractivity contribution in [1.29, 1.82) is 0 Å². The quantitative estimate of drug-likeness (QED) is 0.608. The number of hydrogen-bond acceptors (Lipinski definition) is 4. The second kappa shape index (κ2) is 9.03. The first kappa shape index (κ1) is 20.1. The lowest BCUT2D eigenvalue weighted by atomic mass is 10.0. The Morgan fingerprint density at radius 3 is 2.61 bits per heavy atom. The Balaban J connectivity index is 1.52. The molecule has 150 valence electrons. The van der Waals surface area contributed by atoms with Crippen LogP contribution in [0.15, 0.2) is 42.6 Å². The highest BCUT2D eigenvalue weighted by Gasteiger charge is 2.26. The van der Waals surface area contributed by atoms with E-state index in [1.54, 1.807) is 0 Å². The first-order chi connectivity index (χ1) is 13.4. The summed E-state index contributed by atoms with van der Waals surface area (Å²) in [4.78, 5) is 31.6. The second-order valence-electron chi connectivity index (χ2n) is 7.60. The summed E-state index contributed by atoms with van der Waals surface area (Å²) in [6, 6.07) is 7.55. The molecule has 1 aromatic carbocycles. The SMILES string of the molecule is C=C(C)CN1CCN(C[C@@H](CC(=O)Nc2ccc3cc[nH]c3c2)C(=O)O)CC1. The van der Waals surface area contributed by atoms with Gasteiger partial charge in [0.25, 0.3) is 0 Å². The third kappa shape index (κ3) is 5.43. The summed E-state index contributed by atoms with van der Waals surface area (Å²) in [6.45, 7) is 10.6. The number of aromatic nitrogens is 1. The summed E-state index contributed by atoms with van der Waals surface area (Å²) in [5.74, 6) is -1.93. The van der Waals surface area contributed by atoms with Crippen molar-refractivity contribution in [3.8, 4) is 0 Å². The third-order valence-corrected chi connectivity index (χ3v) is 5.06. The fraction of sp³-hybridized carbons (Fsp3) is 0.429. The zero-order chi connectivity index (χ0) is 20.1. The Kier molecular flexibility index (Phi) is 6.49. The average Bonchev–Trinajstić information content (AvgIpc) is 3.10. The Bertz CT molecular complexity index is 852. The molecule has 1 aromatic heterocycles. The molecule has 3 N–H and O–H groups in total. The molecular formula is C21H28N4O3. The van der Waals surface area contributed by atoms with E-state index >= 15 is 0 Å². The van der Waals surface area contributed by atoms with Gasteiger partial charge in [-0.1, -0.05) is 18.2 Å². The first-order valence-electron chi connectivity index (χ1n) is 9.59. The van der Waals surface area contributed by atoms with E-state index in [4.69, 9.17) is 0 Å². The highest BCUT2D eigenvalue weighted by molar-refractivity contribution is 5.95. The Hall–Kier alpha value is -2.64. The van der Waals surface area contributed by atoms with Crippen molar-refractivity contribution in [3.63, 3.8) is 0 Å². The van der Waals surface area contributed by atoms with Gasteiger partial charge in [0.05, 0.1) is 5.92 Å². The zero-order valence-corrected chi connectivity index (χ0v) is 16.3. The van der Waals surface area contributed by atoms with Crippen LogP contribution < -0.4 is 5.32 Å². The molecule has 7 heteroatoms. The normalized spacial score (nSPS) is 16.8. The van der Waals surface area contributed by atoms with Gasteiger partial charge < -0.3 is 15.4 Å². The predicted molar refractivity (Wildman–Crippen MR) is 110 cm³/mol. The molecule has 3 rings (SSSR count). The van der Waals surface area contributed by atoms with E-state index < -0.39 is 11.9 Å². The number of rotatable bonds is 8. The van der Waals surface area contributed by atoms with Gasteiger partial charge >= 0.3 is 5.97 Å². The zero-order valence-electron chi connectivity index (χ0n) is 16.3. The minimum atomic E-state index is -0.931. The van der Waals surface area contributed by atoms with Crippen molar-refractivity contribution in [3.05, 3.63) is 42.6 Å². The van der Waals surface area contributed by atoms with Crippen molar-refractivity contribution in [1.82, 2.24) is 14.8 Å². The monoisotopic (exact) mass is 384 g/mol. The van der Waals surface area contributed by atoms with Crippen LogP contribution in [-0.4, -0.2) is 71.0 Å². The van der Waals surface area contributed by atoms with Crippen molar-refractivity contribution < 1.29 is 14.7 Å². The van der Waals surface area contributed by atoms with E-state index in [1.807, 2.05) is 37.4 Å². The van der Waals surface area contributed by atoms with Gasteiger partial charge in [0.2, 0.25) is 5.91 Å². The Morgan fingerprint density at radius 2 is 1.93 bits per heavy atom. The maximum Gasteiger partial charge on any atom is 0.308 e. The summed E-state index contributed by atoms with van der Waals surface area (Å²) in [5, 5.41) is 13.4. The molecule has 2 heterocycles. The van der Waals surface area contributed by atoms with Crippen molar-refractivity contribution in [2.45, 2.75) is 13.3 Å². The van der Waals surface area contributed by atoms with E-state index in [1.165, 1.54) is 0 Å². The van der Waals surface area contributed by atoms with Gasteiger partial charge in [-0.3, -0.25) is 19.4 Å². The molecule has 1 fully saturated rings. The van der Waals surface area contributed by atoms with Gasteiger partial charge in [-0.25, -0.2) is 0 Å². The largest absolute Gasteiger partial charge is 0.481 e. The molecule has 1 atom stereocenters. The molecule has 0 aliphatic carbocycles. The number of piperazine rings is 1. The summed E-state index contributed by atoms with van der Waals surface area (Å²) in [7, 11) is 0. The average molecular weight is 384 g/mol. The number of nitrogens with zero attached hydrogens (tertiary/aromatic N) is 2. The number of fused-ring (bicyclic) bond motifs is 1. The fourth-order valence-electron chi connectivity index (χ4n) is 3.61. The highest BCUT2D eigenvalue weighted by Crippen LogP contribution is 2.19. The van der Waals surface area contributed by atoms with Crippen LogP contribution in [0.1, 0.15) is 13.3 Å². The second-order valence-corrected chi connectivity index (χ2v) is 7.60. The lowest BCUT2D eigenvalue weighted by Crippen LogP contribution is -2.49. The van der Waals surface area contributed by atoms with Crippen LogP contribution in [0.2, 0.25) is 0 Å². The highest BCUT2D eigenvalue weighted by atomic mass is 16.4. The van der Waals surface area contributed by atoms with Gasteiger partial charge in [-0.15, -0.1) is 0 Å². The molecule has 7 nitrogen and oxygen atoms in total. The van der Waals surface area contributed by atoms with Crippen LogP contribution in [0.5, 0.6) is 0 Å². The molecular weight excluding hydrogens is 356 g/mol. The number of carboxylic acid groups (broad SMARTS) is 1. The number of amides is 1. The number of carbonyl (C=O) groups is 2. The van der Waals surface area contributed by atoms with Crippen LogP contribution in [0.3, 0.4) is 0 Å². The van der Waals surface area contributed by atoms with Crippen LogP contribution >= 0.6 is 0 Å². The van der Waals surface area contributed by atoms with E-state index in [2.05, 4.69) is 26.7 Å². The summed E-state index contributed by atoms with van der Waals surface area (Å²) >= 11 is 0. The molecule has 1 saturated heterocycles. The molecule has 0 spiro atoms. The number of nitrogens with one attached hydrogen (secondary N) is 2. The Labute approximate surface area is 165 Å². The molecule has 1 aliphatic rings. The van der Waals surface area contributed by atoms with Gasteiger partial charge in [0.1, 0.15) is 0 Å². The van der Waals surface area contributed by atoms with E-state index in [0.29, 0.717) is 12.2 Å². The smallest absolute Gasteiger partial charge is 0.308 e. The van der Waals surface area contributed by atoms with Crippen molar-refractivity contribution in [2.75, 3.05) is 44.6 Å². The van der Waals surface area contributed by atoms with E-state index in [-0.39, 0.29) is 12.3 Å². The van der Waals surface area contributed by atoms with Gasteiger partial charge in [-0.05, 0) is 30.5 Å². The third-order valence-electron chi connectivity index (χ3n) is 5.06. The maximum absolute atomic E-state index is 12.4. The van der Waals surface area contributed by atoms with Crippen LogP contribution in [-0.2, 0) is 9.59 Å². The number of benzene rings is 1. The number of carboxylic acids is 1. The van der Waals surface area contributed by atoms with Gasteiger partial charge in [0, 0.05) is 63.1 Å². The number of anilines is 1. The molecule has 28 heavy (non-hydrogen) atoms. The minimum Gasteiger partial charge on any atom is -0.481 e. The molecule has 0 saturated carbocycles. The molecule has 2 aromatic rings. The molecule has 1 aliphatic heterocycles. The minimum absolute atomic E-state index is 0.0376. The maximum atomic E-state index is 12.4. The fourth-order valence-corrected chi connectivity index (χ4v) is 3.61. The molecule has 0 unspecified atom stereocenters. The summed E-state index contributed by atoms with van der Waals surface area (Å²) in [5.41, 5.74) is 2.73. The van der Waals surface area contributed by atoms with Crippen LogP contribution in [0.25, 0.3) is 10.9 Å². The first-order valence-corrected chi connectivity index (χ1v) is 9.59. The van der Waals surface area contributed by atoms with Crippen LogP contribution in [0, 0.1) is 5.92 Å². The number of carbonyl (C=O) groups excluding carboxylic acids is 1. The van der Waals surface area contributed by atoms with Crippen molar-refractivity contribution in [2.24, 2.45) is 5.92 Å². The molecule has 0 radical (unpaired) electrons. The van der Waals surface area contributed by atoms with Gasteiger partial charge in [0.15, 0.2) is 0 Å².